The molecule has 1 saturated carbocycles. The number of nitrogens with one attached hydrogen (secondary N) is 1. The van der Waals surface area contributed by atoms with Gasteiger partial charge >= 0.3 is 0 Å². The second kappa shape index (κ2) is 4.66. The zero-order valence-corrected chi connectivity index (χ0v) is 11.4. The molecule has 0 saturated heterocycles. The molecule has 0 bridgehead atoms. The van der Waals surface area contributed by atoms with E-state index in [0.717, 1.165) is 27.7 Å². The third kappa shape index (κ3) is 2.34. The van der Waals surface area contributed by atoms with Crippen molar-refractivity contribution < 1.29 is 0 Å². The van der Waals surface area contributed by atoms with Crippen molar-refractivity contribution in [3.05, 3.63) is 22.7 Å². The van der Waals surface area contributed by atoms with Crippen LogP contribution in [0.3, 0.4) is 0 Å². The second-order valence-corrected chi connectivity index (χ2v) is 5.76. The van der Waals surface area contributed by atoms with Gasteiger partial charge in [-0.25, -0.2) is 0 Å². The standard InChI is InChI=1S/C13H19BrN2/c1-8-3-5-12(9(8)2)16-13-6-4-10(15)7-11(13)14/h4,6-9,12,16H,3,5,15H2,1-2H3. The summed E-state index contributed by atoms with van der Waals surface area (Å²) < 4.78 is 1.05. The number of nitrogens with two attached hydrogens (primary N) is 1. The molecular weight excluding hydrogens is 264 g/mol. The average molecular weight is 283 g/mol. The van der Waals surface area contributed by atoms with Gasteiger partial charge in [0.25, 0.3) is 0 Å². The van der Waals surface area contributed by atoms with Crippen LogP contribution in [0.5, 0.6) is 0 Å². The Kier molecular flexibility index (Phi) is 3.43. The Morgan fingerprint density at radius 3 is 2.62 bits per heavy atom. The lowest BCUT2D eigenvalue weighted by atomic mass is 9.97. The number of benzene rings is 1. The molecule has 2 nitrogen and oxygen atoms in total. The van der Waals surface area contributed by atoms with E-state index in [4.69, 9.17) is 5.73 Å². The fourth-order valence-electron chi connectivity index (χ4n) is 2.42. The van der Waals surface area contributed by atoms with E-state index in [-0.39, 0.29) is 0 Å². The van der Waals surface area contributed by atoms with E-state index in [9.17, 15) is 0 Å². The summed E-state index contributed by atoms with van der Waals surface area (Å²) in [5.74, 6) is 1.56. The highest BCUT2D eigenvalue weighted by molar-refractivity contribution is 9.10. The third-order valence-electron chi connectivity index (χ3n) is 3.80. The summed E-state index contributed by atoms with van der Waals surface area (Å²) in [5.41, 5.74) is 7.68. The van der Waals surface area contributed by atoms with Crippen molar-refractivity contribution in [2.45, 2.75) is 32.7 Å². The van der Waals surface area contributed by atoms with Gasteiger partial charge in [-0.3, -0.25) is 0 Å². The van der Waals surface area contributed by atoms with Crippen LogP contribution in [0.4, 0.5) is 11.4 Å². The highest BCUT2D eigenvalue weighted by atomic mass is 79.9. The Morgan fingerprint density at radius 1 is 1.31 bits per heavy atom. The van der Waals surface area contributed by atoms with Gasteiger partial charge in [0.05, 0.1) is 0 Å². The van der Waals surface area contributed by atoms with Crippen molar-refractivity contribution >= 4 is 27.3 Å². The molecule has 3 heteroatoms. The molecule has 16 heavy (non-hydrogen) atoms. The molecule has 3 N–H and O–H groups in total. The van der Waals surface area contributed by atoms with Crippen molar-refractivity contribution in [1.82, 2.24) is 0 Å². The van der Waals surface area contributed by atoms with Gasteiger partial charge in [0, 0.05) is 21.9 Å². The maximum atomic E-state index is 5.73. The van der Waals surface area contributed by atoms with E-state index in [0.29, 0.717) is 6.04 Å². The maximum Gasteiger partial charge on any atom is 0.0488 e. The first-order valence-electron chi connectivity index (χ1n) is 5.89. The predicted octanol–water partition coefficient (Wildman–Crippen LogP) is 3.88. The second-order valence-electron chi connectivity index (χ2n) is 4.90. The van der Waals surface area contributed by atoms with Crippen molar-refractivity contribution in [3.8, 4) is 0 Å². The molecule has 1 aliphatic rings. The van der Waals surface area contributed by atoms with Crippen LogP contribution in [0.25, 0.3) is 0 Å². The van der Waals surface area contributed by atoms with Crippen LogP contribution in [0, 0.1) is 11.8 Å². The average Bonchev–Trinajstić information content (AvgIpc) is 2.54. The molecule has 0 heterocycles. The number of anilines is 2. The van der Waals surface area contributed by atoms with Gasteiger partial charge in [-0.1, -0.05) is 13.8 Å². The summed E-state index contributed by atoms with van der Waals surface area (Å²) in [5, 5.41) is 3.61. The van der Waals surface area contributed by atoms with E-state index >= 15 is 0 Å². The van der Waals surface area contributed by atoms with Crippen LogP contribution in [-0.2, 0) is 0 Å². The van der Waals surface area contributed by atoms with E-state index < -0.39 is 0 Å². The Hall–Kier alpha value is -0.700. The lowest BCUT2D eigenvalue weighted by Gasteiger charge is -2.21. The predicted molar refractivity (Wildman–Crippen MR) is 73.5 cm³/mol. The number of hydrogen-bond donors (Lipinski definition) is 2. The largest absolute Gasteiger partial charge is 0.399 e. The fourth-order valence-corrected chi connectivity index (χ4v) is 2.93. The summed E-state index contributed by atoms with van der Waals surface area (Å²) in [7, 11) is 0. The molecule has 1 aromatic carbocycles. The van der Waals surface area contributed by atoms with Crippen LogP contribution in [0.1, 0.15) is 26.7 Å². The molecule has 0 spiro atoms. The molecular formula is C13H19BrN2. The highest BCUT2D eigenvalue weighted by Gasteiger charge is 2.29. The van der Waals surface area contributed by atoms with E-state index in [1.54, 1.807) is 0 Å². The van der Waals surface area contributed by atoms with Gasteiger partial charge in [0.2, 0.25) is 0 Å². The first-order chi connectivity index (χ1) is 7.58. The number of nitrogen functional groups attached to an aromatic ring is 1. The maximum absolute atomic E-state index is 5.73. The van der Waals surface area contributed by atoms with Crippen molar-refractivity contribution in [3.63, 3.8) is 0 Å². The number of hydrogen-bond acceptors (Lipinski definition) is 2. The van der Waals surface area contributed by atoms with Crippen LogP contribution >= 0.6 is 15.9 Å². The molecule has 0 aromatic heterocycles. The molecule has 3 atom stereocenters. The van der Waals surface area contributed by atoms with Crippen LogP contribution < -0.4 is 11.1 Å². The normalized spacial score (nSPS) is 29.3. The fraction of sp³-hybridized carbons (Fsp3) is 0.538. The molecule has 0 amide bonds. The van der Waals surface area contributed by atoms with Gasteiger partial charge in [-0.15, -0.1) is 0 Å². The molecule has 88 valence electrons. The minimum atomic E-state index is 0.593. The van der Waals surface area contributed by atoms with Crippen molar-refractivity contribution in [1.29, 1.82) is 0 Å². The summed E-state index contributed by atoms with van der Waals surface area (Å²) in [6.45, 7) is 4.67. The summed E-state index contributed by atoms with van der Waals surface area (Å²) >= 11 is 3.55. The highest BCUT2D eigenvalue weighted by Crippen LogP contribution is 2.35. The lowest BCUT2D eigenvalue weighted by molar-refractivity contribution is 0.435. The minimum Gasteiger partial charge on any atom is -0.399 e. The quantitative estimate of drug-likeness (QED) is 0.808. The van der Waals surface area contributed by atoms with Gasteiger partial charge in [0.1, 0.15) is 0 Å². The zero-order chi connectivity index (χ0) is 11.7. The van der Waals surface area contributed by atoms with Gasteiger partial charge in [-0.2, -0.15) is 0 Å². The Balaban J connectivity index is 2.09. The van der Waals surface area contributed by atoms with E-state index in [1.165, 1.54) is 12.8 Å². The Labute approximate surface area is 106 Å². The number of rotatable bonds is 2. The Bertz CT molecular complexity index is 378. The lowest BCUT2D eigenvalue weighted by Crippen LogP contribution is -2.24. The van der Waals surface area contributed by atoms with Crippen molar-refractivity contribution in [2.75, 3.05) is 11.1 Å². The molecule has 1 aromatic rings. The Morgan fingerprint density at radius 2 is 2.06 bits per heavy atom. The van der Waals surface area contributed by atoms with E-state index in [1.807, 2.05) is 12.1 Å². The van der Waals surface area contributed by atoms with Gasteiger partial charge < -0.3 is 11.1 Å². The molecule has 1 fully saturated rings. The van der Waals surface area contributed by atoms with Crippen LogP contribution in [-0.4, -0.2) is 6.04 Å². The van der Waals surface area contributed by atoms with Crippen LogP contribution in [0.2, 0.25) is 0 Å². The van der Waals surface area contributed by atoms with Gasteiger partial charge in [0.15, 0.2) is 0 Å². The summed E-state index contributed by atoms with van der Waals surface area (Å²) in [4.78, 5) is 0. The SMILES string of the molecule is CC1CCC(Nc2ccc(N)cc2Br)C1C. The molecule has 0 aliphatic heterocycles. The van der Waals surface area contributed by atoms with Gasteiger partial charge in [-0.05, 0) is 58.8 Å². The number of halogens is 1. The summed E-state index contributed by atoms with van der Waals surface area (Å²) in [6, 6.07) is 6.53. The monoisotopic (exact) mass is 282 g/mol. The first-order valence-corrected chi connectivity index (χ1v) is 6.69. The summed E-state index contributed by atoms with van der Waals surface area (Å²) in [6.07, 6.45) is 2.59. The smallest absolute Gasteiger partial charge is 0.0488 e. The van der Waals surface area contributed by atoms with Crippen molar-refractivity contribution in [2.24, 2.45) is 11.8 Å². The molecule has 0 radical (unpaired) electrons. The molecule has 1 aliphatic carbocycles. The zero-order valence-electron chi connectivity index (χ0n) is 9.83. The third-order valence-corrected chi connectivity index (χ3v) is 4.46. The first kappa shape index (κ1) is 11.8. The molecule has 2 rings (SSSR count). The van der Waals surface area contributed by atoms with E-state index in [2.05, 4.69) is 41.2 Å². The minimum absolute atomic E-state index is 0.593. The molecule has 3 unspecified atom stereocenters. The topological polar surface area (TPSA) is 38.0 Å². The van der Waals surface area contributed by atoms with Crippen LogP contribution in [0.15, 0.2) is 22.7 Å².